The summed E-state index contributed by atoms with van der Waals surface area (Å²) in [5.74, 6) is 2.92. The minimum absolute atomic E-state index is 0.0228. The first-order valence-electron chi connectivity index (χ1n) is 10.7. The van der Waals surface area contributed by atoms with Gasteiger partial charge in [-0.1, -0.05) is 12.1 Å². The number of aromatic nitrogens is 6. The van der Waals surface area contributed by atoms with Crippen molar-refractivity contribution in [3.63, 3.8) is 0 Å². The fourth-order valence-corrected chi connectivity index (χ4v) is 4.10. The lowest BCUT2D eigenvalue weighted by Gasteiger charge is -2.36. The van der Waals surface area contributed by atoms with Crippen LogP contribution in [0.5, 0.6) is 0 Å². The lowest BCUT2D eigenvalue weighted by atomic mass is 10.2. The van der Waals surface area contributed by atoms with Crippen molar-refractivity contribution in [3.05, 3.63) is 58.2 Å². The highest BCUT2D eigenvalue weighted by Crippen LogP contribution is 2.27. The number of hydrogen-bond donors (Lipinski definition) is 0. The van der Waals surface area contributed by atoms with Gasteiger partial charge in [0.25, 0.3) is 5.69 Å². The van der Waals surface area contributed by atoms with Gasteiger partial charge in [0.05, 0.1) is 16.5 Å². The van der Waals surface area contributed by atoms with Gasteiger partial charge in [-0.05, 0) is 13.8 Å². The minimum Gasteiger partial charge on any atom is -0.353 e. The van der Waals surface area contributed by atoms with Crippen LogP contribution in [0.1, 0.15) is 11.5 Å². The molecule has 0 bridgehead atoms. The van der Waals surface area contributed by atoms with E-state index in [2.05, 4.69) is 29.9 Å². The molecule has 0 saturated carbocycles. The molecule has 11 heteroatoms. The Morgan fingerprint density at radius 2 is 1.73 bits per heavy atom. The Bertz CT molecular complexity index is 1360. The zero-order valence-corrected chi connectivity index (χ0v) is 18.6. The third-order valence-electron chi connectivity index (χ3n) is 5.74. The molecule has 0 spiro atoms. The molecule has 1 aliphatic rings. The second-order valence-electron chi connectivity index (χ2n) is 8.07. The summed E-state index contributed by atoms with van der Waals surface area (Å²) in [5, 5.41) is 16.4. The predicted octanol–water partition coefficient (Wildman–Crippen LogP) is 2.67. The van der Waals surface area contributed by atoms with Gasteiger partial charge in [-0.25, -0.2) is 19.9 Å². The summed E-state index contributed by atoms with van der Waals surface area (Å²) < 4.78 is 1.77. The summed E-state index contributed by atoms with van der Waals surface area (Å²) >= 11 is 0. The number of aryl methyl sites for hydroxylation is 3. The number of nitrogens with zero attached hydrogens (tertiary/aromatic N) is 9. The number of anilines is 2. The van der Waals surface area contributed by atoms with E-state index in [1.54, 1.807) is 16.8 Å². The molecule has 0 amide bonds. The van der Waals surface area contributed by atoms with Crippen LogP contribution in [-0.2, 0) is 7.05 Å². The van der Waals surface area contributed by atoms with Crippen LogP contribution in [0.15, 0.2) is 36.5 Å². The number of benzene rings is 1. The molecule has 168 valence electrons. The van der Waals surface area contributed by atoms with E-state index < -0.39 is 4.92 Å². The van der Waals surface area contributed by atoms with Gasteiger partial charge in [-0.3, -0.25) is 14.8 Å². The molecule has 33 heavy (non-hydrogen) atoms. The highest BCUT2D eigenvalue weighted by atomic mass is 16.6. The Labute approximate surface area is 189 Å². The Hall–Kier alpha value is -4.15. The van der Waals surface area contributed by atoms with Crippen LogP contribution >= 0.6 is 0 Å². The molecule has 1 fully saturated rings. The number of piperazine rings is 1. The SMILES string of the molecule is Cc1cc(N2CCN(c3nc(C)nc4c3cnn4C)CC2)nc(-c2cccc([N+](=O)[O-])c2)n1. The molecule has 0 N–H and O–H groups in total. The molecule has 4 aromatic rings. The molecule has 1 aliphatic heterocycles. The molecular weight excluding hydrogens is 422 g/mol. The first-order valence-corrected chi connectivity index (χ1v) is 10.7. The molecular formula is C22H23N9O2. The van der Waals surface area contributed by atoms with Crippen LogP contribution in [0.4, 0.5) is 17.3 Å². The number of nitro groups is 1. The van der Waals surface area contributed by atoms with Gasteiger partial charge in [-0.2, -0.15) is 5.10 Å². The van der Waals surface area contributed by atoms with Crippen molar-refractivity contribution in [2.45, 2.75) is 13.8 Å². The number of nitro benzene ring substituents is 1. The molecule has 1 saturated heterocycles. The van der Waals surface area contributed by atoms with Gasteiger partial charge in [0.15, 0.2) is 11.5 Å². The summed E-state index contributed by atoms with van der Waals surface area (Å²) in [7, 11) is 1.88. The zero-order valence-electron chi connectivity index (χ0n) is 18.6. The Morgan fingerprint density at radius 3 is 2.48 bits per heavy atom. The molecule has 0 atom stereocenters. The second kappa shape index (κ2) is 8.08. The first-order chi connectivity index (χ1) is 15.9. The van der Waals surface area contributed by atoms with Crippen molar-refractivity contribution in [3.8, 4) is 11.4 Å². The van der Waals surface area contributed by atoms with E-state index in [9.17, 15) is 10.1 Å². The monoisotopic (exact) mass is 445 g/mol. The van der Waals surface area contributed by atoms with Crippen LogP contribution < -0.4 is 9.80 Å². The summed E-state index contributed by atoms with van der Waals surface area (Å²) in [5.41, 5.74) is 2.29. The molecule has 0 aliphatic carbocycles. The number of hydrogen-bond acceptors (Lipinski definition) is 9. The van der Waals surface area contributed by atoms with E-state index in [0.29, 0.717) is 11.4 Å². The van der Waals surface area contributed by atoms with Crippen LogP contribution in [0.2, 0.25) is 0 Å². The van der Waals surface area contributed by atoms with E-state index in [1.807, 2.05) is 33.2 Å². The third-order valence-corrected chi connectivity index (χ3v) is 5.74. The summed E-state index contributed by atoms with van der Waals surface area (Å²) in [6.45, 7) is 6.87. The molecule has 1 aromatic carbocycles. The van der Waals surface area contributed by atoms with Crippen molar-refractivity contribution < 1.29 is 4.92 Å². The maximum absolute atomic E-state index is 11.2. The lowest BCUT2D eigenvalue weighted by Crippen LogP contribution is -2.47. The van der Waals surface area contributed by atoms with E-state index >= 15 is 0 Å². The van der Waals surface area contributed by atoms with Crippen molar-refractivity contribution in [2.75, 3.05) is 36.0 Å². The fraction of sp³-hybridized carbons (Fsp3) is 0.318. The zero-order chi connectivity index (χ0) is 23.1. The fourth-order valence-electron chi connectivity index (χ4n) is 4.10. The largest absolute Gasteiger partial charge is 0.353 e. The molecule has 0 unspecified atom stereocenters. The van der Waals surface area contributed by atoms with Crippen LogP contribution in [0, 0.1) is 24.0 Å². The van der Waals surface area contributed by atoms with E-state index in [0.717, 1.165) is 60.4 Å². The van der Waals surface area contributed by atoms with Gasteiger partial charge in [-0.15, -0.1) is 0 Å². The van der Waals surface area contributed by atoms with Gasteiger partial charge in [0.2, 0.25) is 0 Å². The van der Waals surface area contributed by atoms with E-state index in [1.165, 1.54) is 12.1 Å². The van der Waals surface area contributed by atoms with Gasteiger partial charge < -0.3 is 9.80 Å². The molecule has 4 heterocycles. The highest BCUT2D eigenvalue weighted by Gasteiger charge is 2.23. The average molecular weight is 445 g/mol. The quantitative estimate of drug-likeness (QED) is 0.345. The second-order valence-corrected chi connectivity index (χ2v) is 8.07. The maximum atomic E-state index is 11.2. The van der Waals surface area contributed by atoms with Crippen LogP contribution in [-0.4, -0.2) is 60.8 Å². The smallest absolute Gasteiger partial charge is 0.270 e. The van der Waals surface area contributed by atoms with Crippen molar-refractivity contribution >= 4 is 28.4 Å². The van der Waals surface area contributed by atoms with Gasteiger partial charge >= 0.3 is 0 Å². The topological polar surface area (TPSA) is 119 Å². The number of non-ortho nitro benzene ring substituents is 1. The van der Waals surface area contributed by atoms with E-state index in [4.69, 9.17) is 4.98 Å². The number of fused-ring (bicyclic) bond motifs is 1. The summed E-state index contributed by atoms with van der Waals surface area (Å²) in [6, 6.07) is 8.37. The average Bonchev–Trinajstić information content (AvgIpc) is 3.18. The maximum Gasteiger partial charge on any atom is 0.270 e. The normalized spacial score (nSPS) is 14.2. The van der Waals surface area contributed by atoms with Crippen molar-refractivity contribution in [2.24, 2.45) is 7.05 Å². The summed E-state index contributed by atoms with van der Waals surface area (Å²) in [4.78, 5) is 33.6. The minimum atomic E-state index is -0.409. The highest BCUT2D eigenvalue weighted by molar-refractivity contribution is 5.87. The van der Waals surface area contributed by atoms with Crippen LogP contribution in [0.3, 0.4) is 0 Å². The van der Waals surface area contributed by atoms with Crippen molar-refractivity contribution in [1.82, 2.24) is 29.7 Å². The van der Waals surface area contributed by atoms with Gasteiger partial charge in [0.1, 0.15) is 17.5 Å². The molecule has 11 nitrogen and oxygen atoms in total. The van der Waals surface area contributed by atoms with E-state index in [-0.39, 0.29) is 5.69 Å². The Kier molecular flexibility index (Phi) is 5.08. The lowest BCUT2D eigenvalue weighted by molar-refractivity contribution is -0.384. The van der Waals surface area contributed by atoms with Gasteiger partial charge in [0, 0.05) is 62.7 Å². The molecule has 0 radical (unpaired) electrons. The summed E-state index contributed by atoms with van der Waals surface area (Å²) in [6.07, 6.45) is 1.82. The standard InChI is InChI=1S/C22H23N9O2/c1-14-11-19(27-20(24-14)16-5-4-6-17(12-16)31(32)33)29-7-9-30(10-8-29)22-18-13-23-28(3)21(18)25-15(2)26-22/h4-6,11-13H,7-10H2,1-3H3. The third kappa shape index (κ3) is 3.93. The Morgan fingerprint density at radius 1 is 0.970 bits per heavy atom. The first kappa shape index (κ1) is 20.7. The Balaban J connectivity index is 1.39. The molecule has 5 rings (SSSR count). The number of rotatable bonds is 4. The van der Waals surface area contributed by atoms with Crippen LogP contribution in [0.25, 0.3) is 22.4 Å². The molecule has 3 aromatic heterocycles. The predicted molar refractivity (Wildman–Crippen MR) is 124 cm³/mol. The van der Waals surface area contributed by atoms with Crippen molar-refractivity contribution in [1.29, 1.82) is 0 Å².